The topological polar surface area (TPSA) is 21.7 Å². The van der Waals surface area contributed by atoms with Crippen LogP contribution in [0.3, 0.4) is 0 Å². The maximum absolute atomic E-state index is 6.23. The van der Waals surface area contributed by atoms with E-state index < -0.39 is 0 Å². The van der Waals surface area contributed by atoms with E-state index in [1.807, 2.05) is 60.7 Å². The number of hydrogen-bond donors (Lipinski definition) is 0. The zero-order valence-electron chi connectivity index (χ0n) is 15.0. The van der Waals surface area contributed by atoms with E-state index in [1.165, 1.54) is 0 Å². The Balaban J connectivity index is 1.44. The number of hydrogen-bond acceptors (Lipinski definition) is 3. The van der Waals surface area contributed by atoms with Gasteiger partial charge in [-0.15, -0.1) is 0 Å². The van der Waals surface area contributed by atoms with Gasteiger partial charge < -0.3 is 9.47 Å². The maximum atomic E-state index is 6.23. The van der Waals surface area contributed by atoms with Crippen molar-refractivity contribution < 1.29 is 9.47 Å². The summed E-state index contributed by atoms with van der Waals surface area (Å²) in [6.07, 6.45) is 3.90. The van der Waals surface area contributed by atoms with Crippen molar-refractivity contribution in [2.75, 3.05) is 26.2 Å². The van der Waals surface area contributed by atoms with Gasteiger partial charge in [0.05, 0.1) is 0 Å². The molecule has 132 valence electrons. The summed E-state index contributed by atoms with van der Waals surface area (Å²) in [6, 6.07) is 18.1. The molecule has 1 aliphatic heterocycles. The monoisotopic (exact) mass is 337 g/mol. The van der Waals surface area contributed by atoms with Crippen molar-refractivity contribution in [3.8, 4) is 11.5 Å². The van der Waals surface area contributed by atoms with Gasteiger partial charge in [0.25, 0.3) is 0 Å². The van der Waals surface area contributed by atoms with Crippen LogP contribution in [-0.4, -0.2) is 36.7 Å². The molecule has 3 heteroatoms. The summed E-state index contributed by atoms with van der Waals surface area (Å²) in [5, 5.41) is 0. The van der Waals surface area contributed by atoms with Crippen LogP contribution in [0, 0.1) is 0 Å². The van der Waals surface area contributed by atoms with Crippen molar-refractivity contribution in [1.82, 2.24) is 4.90 Å². The predicted octanol–water partition coefficient (Wildman–Crippen LogP) is 4.64. The Morgan fingerprint density at radius 1 is 1.04 bits per heavy atom. The third kappa shape index (κ3) is 4.86. The van der Waals surface area contributed by atoms with E-state index in [0.717, 1.165) is 49.5 Å². The molecule has 0 aliphatic carbocycles. The van der Waals surface area contributed by atoms with Crippen molar-refractivity contribution in [3.05, 3.63) is 66.7 Å². The van der Waals surface area contributed by atoms with Crippen LogP contribution in [0.15, 0.2) is 61.2 Å². The smallest absolute Gasteiger partial charge is 0.126 e. The first-order valence-corrected chi connectivity index (χ1v) is 8.99. The summed E-state index contributed by atoms with van der Waals surface area (Å²) >= 11 is 0. The largest absolute Gasteiger partial charge is 0.492 e. The van der Waals surface area contributed by atoms with Gasteiger partial charge >= 0.3 is 0 Å². The van der Waals surface area contributed by atoms with Gasteiger partial charge in [0.1, 0.15) is 23.7 Å². The third-order valence-corrected chi connectivity index (χ3v) is 4.83. The first-order valence-electron chi connectivity index (χ1n) is 8.99. The fourth-order valence-corrected chi connectivity index (χ4v) is 3.19. The average Bonchev–Trinajstić information content (AvgIpc) is 2.64. The lowest BCUT2D eigenvalue weighted by Crippen LogP contribution is -2.47. The maximum Gasteiger partial charge on any atom is 0.126 e. The molecule has 0 spiro atoms. The quantitative estimate of drug-likeness (QED) is 0.734. The molecule has 3 nitrogen and oxygen atoms in total. The summed E-state index contributed by atoms with van der Waals surface area (Å²) in [4.78, 5) is 2.45. The SMILES string of the molecule is C=Cc1ccccc1OCCN1CCC(C)(Oc2ccccc2)CC1. The number of nitrogens with zero attached hydrogens (tertiary/aromatic N) is 1. The highest BCUT2D eigenvalue weighted by atomic mass is 16.5. The molecule has 2 aromatic rings. The molecule has 0 atom stereocenters. The molecule has 1 fully saturated rings. The Kier molecular flexibility index (Phi) is 5.77. The lowest BCUT2D eigenvalue weighted by molar-refractivity contribution is 0.0135. The molecule has 0 N–H and O–H groups in total. The van der Waals surface area contributed by atoms with Crippen molar-refractivity contribution in [1.29, 1.82) is 0 Å². The molecule has 2 aromatic carbocycles. The summed E-state index contributed by atoms with van der Waals surface area (Å²) in [5.74, 6) is 1.87. The summed E-state index contributed by atoms with van der Waals surface area (Å²) in [6.45, 7) is 9.76. The Morgan fingerprint density at radius 2 is 1.72 bits per heavy atom. The highest BCUT2D eigenvalue weighted by Crippen LogP contribution is 2.28. The van der Waals surface area contributed by atoms with Crippen molar-refractivity contribution in [2.45, 2.75) is 25.4 Å². The number of benzene rings is 2. The molecule has 0 radical (unpaired) electrons. The van der Waals surface area contributed by atoms with Gasteiger partial charge in [-0.1, -0.05) is 49.1 Å². The van der Waals surface area contributed by atoms with Crippen LogP contribution in [0.25, 0.3) is 6.08 Å². The molecule has 0 saturated carbocycles. The fourth-order valence-electron chi connectivity index (χ4n) is 3.19. The second-order valence-electron chi connectivity index (χ2n) is 6.80. The molecule has 1 heterocycles. The van der Waals surface area contributed by atoms with E-state index in [1.54, 1.807) is 0 Å². The normalized spacial score (nSPS) is 17.0. The zero-order chi connectivity index (χ0) is 17.5. The molecule has 25 heavy (non-hydrogen) atoms. The van der Waals surface area contributed by atoms with Crippen LogP contribution in [0.2, 0.25) is 0 Å². The summed E-state index contributed by atoms with van der Waals surface area (Å²) in [5.41, 5.74) is 0.971. The Morgan fingerprint density at radius 3 is 2.44 bits per heavy atom. The minimum Gasteiger partial charge on any atom is -0.492 e. The standard InChI is InChI=1S/C22H27NO2/c1-3-19-9-7-8-12-21(19)24-18-17-23-15-13-22(2,14-16-23)25-20-10-5-4-6-11-20/h3-12H,1,13-18H2,2H3. The van der Waals surface area contributed by atoms with Gasteiger partial charge in [0.15, 0.2) is 0 Å². The molecule has 0 unspecified atom stereocenters. The zero-order valence-corrected chi connectivity index (χ0v) is 15.0. The highest BCUT2D eigenvalue weighted by molar-refractivity contribution is 5.55. The van der Waals surface area contributed by atoms with E-state index in [0.29, 0.717) is 6.61 Å². The van der Waals surface area contributed by atoms with Crippen LogP contribution >= 0.6 is 0 Å². The molecule has 3 rings (SSSR count). The molecule has 0 amide bonds. The minimum atomic E-state index is -0.0752. The van der Waals surface area contributed by atoms with E-state index in [-0.39, 0.29) is 5.60 Å². The molecule has 1 aliphatic rings. The third-order valence-electron chi connectivity index (χ3n) is 4.83. The lowest BCUT2D eigenvalue weighted by atomic mass is 9.93. The van der Waals surface area contributed by atoms with Crippen LogP contribution in [-0.2, 0) is 0 Å². The van der Waals surface area contributed by atoms with Crippen LogP contribution in [0.4, 0.5) is 0 Å². The van der Waals surface area contributed by atoms with Gasteiger partial charge in [0.2, 0.25) is 0 Å². The minimum absolute atomic E-state index is 0.0752. The molecular weight excluding hydrogens is 310 g/mol. The number of ether oxygens (including phenoxy) is 2. The van der Waals surface area contributed by atoms with Gasteiger partial charge in [-0.3, -0.25) is 4.90 Å². The van der Waals surface area contributed by atoms with Gasteiger partial charge in [0, 0.05) is 25.2 Å². The summed E-state index contributed by atoms with van der Waals surface area (Å²) < 4.78 is 12.2. The highest BCUT2D eigenvalue weighted by Gasteiger charge is 2.31. The Hall–Kier alpha value is -2.26. The fraction of sp³-hybridized carbons (Fsp3) is 0.364. The van der Waals surface area contributed by atoms with Gasteiger partial charge in [-0.05, 0) is 38.0 Å². The number of piperidine rings is 1. The van der Waals surface area contributed by atoms with E-state index in [9.17, 15) is 0 Å². The van der Waals surface area contributed by atoms with Crippen LogP contribution in [0.1, 0.15) is 25.3 Å². The second kappa shape index (κ2) is 8.21. The van der Waals surface area contributed by atoms with E-state index in [4.69, 9.17) is 9.47 Å². The van der Waals surface area contributed by atoms with Crippen molar-refractivity contribution in [3.63, 3.8) is 0 Å². The molecular formula is C22H27NO2. The first kappa shape index (κ1) is 17.6. The number of likely N-dealkylation sites (tertiary alicyclic amines) is 1. The second-order valence-corrected chi connectivity index (χ2v) is 6.80. The molecule has 0 aromatic heterocycles. The van der Waals surface area contributed by atoms with Crippen molar-refractivity contribution in [2.24, 2.45) is 0 Å². The van der Waals surface area contributed by atoms with Gasteiger partial charge in [-0.2, -0.15) is 0 Å². The Labute approximate surface area is 150 Å². The Bertz CT molecular complexity index is 675. The van der Waals surface area contributed by atoms with Crippen molar-refractivity contribution >= 4 is 6.08 Å². The molecule has 1 saturated heterocycles. The lowest BCUT2D eigenvalue weighted by Gasteiger charge is -2.39. The van der Waals surface area contributed by atoms with Gasteiger partial charge in [-0.25, -0.2) is 0 Å². The predicted molar refractivity (Wildman–Crippen MR) is 103 cm³/mol. The van der Waals surface area contributed by atoms with E-state index >= 15 is 0 Å². The number of para-hydroxylation sites is 2. The summed E-state index contributed by atoms with van der Waals surface area (Å²) in [7, 11) is 0. The van der Waals surface area contributed by atoms with Crippen LogP contribution < -0.4 is 9.47 Å². The first-order chi connectivity index (χ1) is 12.2. The van der Waals surface area contributed by atoms with E-state index in [2.05, 4.69) is 18.4 Å². The average molecular weight is 337 g/mol. The molecule has 0 bridgehead atoms. The number of rotatable bonds is 7. The van der Waals surface area contributed by atoms with Crippen LogP contribution in [0.5, 0.6) is 11.5 Å².